The molecule has 4 nitrogen and oxygen atoms in total. The van der Waals surface area contributed by atoms with Crippen LogP contribution in [0.4, 0.5) is 0 Å². The molecule has 0 saturated heterocycles. The molecule has 2 aliphatic carbocycles. The van der Waals surface area contributed by atoms with E-state index in [2.05, 4.69) is 10.6 Å². The maximum absolute atomic E-state index is 12.0. The number of amides is 1. The van der Waals surface area contributed by atoms with E-state index in [9.17, 15) is 4.79 Å². The molecule has 4 heteroatoms. The van der Waals surface area contributed by atoms with Crippen LogP contribution in [0.25, 0.3) is 0 Å². The number of ether oxygens (including phenoxy) is 1. The molecule has 0 aromatic heterocycles. The van der Waals surface area contributed by atoms with Crippen molar-refractivity contribution in [1.82, 2.24) is 10.6 Å². The Morgan fingerprint density at radius 3 is 2.35 bits per heavy atom. The molecule has 2 atom stereocenters. The van der Waals surface area contributed by atoms with Crippen LogP contribution in [0.3, 0.4) is 0 Å². The van der Waals surface area contributed by atoms with Gasteiger partial charge in [0.2, 0.25) is 5.91 Å². The average Bonchev–Trinajstić information content (AvgIpc) is 2.74. The highest BCUT2D eigenvalue weighted by Crippen LogP contribution is 2.21. The summed E-state index contributed by atoms with van der Waals surface area (Å²) in [5.74, 6) is 0.0670. The molecule has 2 fully saturated rings. The van der Waals surface area contributed by atoms with E-state index < -0.39 is 0 Å². The fourth-order valence-electron chi connectivity index (χ4n) is 3.50. The summed E-state index contributed by atoms with van der Waals surface area (Å²) in [5, 5.41) is 6.46. The zero-order valence-corrected chi connectivity index (χ0v) is 12.8. The average molecular weight is 282 g/mol. The largest absolute Gasteiger partial charge is 0.367 e. The van der Waals surface area contributed by atoms with Gasteiger partial charge in [-0.2, -0.15) is 0 Å². The van der Waals surface area contributed by atoms with Crippen molar-refractivity contribution in [2.24, 2.45) is 0 Å². The van der Waals surface area contributed by atoms with Crippen molar-refractivity contribution in [2.75, 3.05) is 13.7 Å². The quantitative estimate of drug-likeness (QED) is 0.761. The third-order valence-corrected chi connectivity index (χ3v) is 4.72. The first-order valence-corrected chi connectivity index (χ1v) is 8.38. The number of hydrogen-bond acceptors (Lipinski definition) is 3. The molecule has 0 aromatic carbocycles. The Morgan fingerprint density at radius 2 is 1.65 bits per heavy atom. The van der Waals surface area contributed by atoms with Gasteiger partial charge in [0.1, 0.15) is 6.61 Å². The Morgan fingerprint density at radius 1 is 1.00 bits per heavy atom. The first-order valence-electron chi connectivity index (χ1n) is 8.38. The lowest BCUT2D eigenvalue weighted by Gasteiger charge is -2.31. The number of likely N-dealkylation sites (N-methyl/N-ethyl adjacent to an activating group) is 1. The van der Waals surface area contributed by atoms with Crippen LogP contribution in [0, 0.1) is 0 Å². The van der Waals surface area contributed by atoms with Crippen LogP contribution in [-0.2, 0) is 9.53 Å². The van der Waals surface area contributed by atoms with Gasteiger partial charge in [-0.25, -0.2) is 0 Å². The Hall–Kier alpha value is -0.610. The fraction of sp³-hybridized carbons (Fsp3) is 0.938. The minimum absolute atomic E-state index is 0.0670. The maximum atomic E-state index is 12.0. The van der Waals surface area contributed by atoms with Crippen LogP contribution in [0.1, 0.15) is 64.2 Å². The number of rotatable bonds is 5. The Balaban J connectivity index is 1.68. The molecule has 2 saturated carbocycles. The molecule has 0 spiro atoms. The maximum Gasteiger partial charge on any atom is 0.246 e. The van der Waals surface area contributed by atoms with E-state index in [4.69, 9.17) is 4.74 Å². The molecule has 0 bridgehead atoms. The predicted molar refractivity (Wildman–Crippen MR) is 80.7 cm³/mol. The van der Waals surface area contributed by atoms with E-state index in [0.29, 0.717) is 12.1 Å². The lowest BCUT2D eigenvalue weighted by molar-refractivity contribution is -0.129. The zero-order valence-electron chi connectivity index (χ0n) is 12.8. The molecule has 1 amide bonds. The lowest BCUT2D eigenvalue weighted by atomic mass is 9.92. The van der Waals surface area contributed by atoms with Crippen molar-refractivity contribution >= 4 is 5.91 Å². The second-order valence-corrected chi connectivity index (χ2v) is 6.29. The van der Waals surface area contributed by atoms with E-state index in [0.717, 1.165) is 25.7 Å². The van der Waals surface area contributed by atoms with Gasteiger partial charge < -0.3 is 15.4 Å². The normalized spacial score (nSPS) is 28.9. The highest BCUT2D eigenvalue weighted by Gasteiger charge is 2.25. The van der Waals surface area contributed by atoms with Gasteiger partial charge in [-0.15, -0.1) is 0 Å². The lowest BCUT2D eigenvalue weighted by Crippen LogP contribution is -2.44. The van der Waals surface area contributed by atoms with Crippen LogP contribution in [-0.4, -0.2) is 37.7 Å². The number of carbonyl (C=O) groups is 1. The van der Waals surface area contributed by atoms with E-state index in [1.807, 2.05) is 7.05 Å². The molecule has 2 unspecified atom stereocenters. The van der Waals surface area contributed by atoms with Crippen LogP contribution in [0.2, 0.25) is 0 Å². The van der Waals surface area contributed by atoms with Crippen LogP contribution < -0.4 is 10.6 Å². The van der Waals surface area contributed by atoms with Crippen molar-refractivity contribution in [3.8, 4) is 0 Å². The van der Waals surface area contributed by atoms with Gasteiger partial charge in [-0.3, -0.25) is 4.79 Å². The summed E-state index contributed by atoms with van der Waals surface area (Å²) < 4.78 is 5.85. The van der Waals surface area contributed by atoms with Crippen molar-refractivity contribution < 1.29 is 9.53 Å². The van der Waals surface area contributed by atoms with Gasteiger partial charge in [0.25, 0.3) is 0 Å². The third kappa shape index (κ3) is 5.06. The summed E-state index contributed by atoms with van der Waals surface area (Å²) in [6.45, 7) is 0.222. The molecular formula is C16H30N2O2. The molecule has 20 heavy (non-hydrogen) atoms. The monoisotopic (exact) mass is 282 g/mol. The topological polar surface area (TPSA) is 50.4 Å². The van der Waals surface area contributed by atoms with Gasteiger partial charge in [-0.1, -0.05) is 38.5 Å². The highest BCUT2D eigenvalue weighted by molar-refractivity contribution is 5.77. The molecule has 0 aromatic rings. The standard InChI is InChI=1S/C16H30N2O2/c1-17-14-10-6-7-11-15(14)20-12-16(19)18-13-8-4-2-3-5-9-13/h13-15,17H,2-12H2,1H3,(H,18,19). The number of nitrogens with one attached hydrogen (secondary N) is 2. The van der Waals surface area contributed by atoms with E-state index >= 15 is 0 Å². The van der Waals surface area contributed by atoms with Crippen molar-refractivity contribution in [3.63, 3.8) is 0 Å². The van der Waals surface area contributed by atoms with E-state index in [1.165, 1.54) is 38.5 Å². The van der Waals surface area contributed by atoms with Gasteiger partial charge >= 0.3 is 0 Å². The molecular weight excluding hydrogens is 252 g/mol. The summed E-state index contributed by atoms with van der Waals surface area (Å²) in [7, 11) is 1.98. The molecule has 2 N–H and O–H groups in total. The zero-order chi connectivity index (χ0) is 14.2. The third-order valence-electron chi connectivity index (χ3n) is 4.72. The second kappa shape index (κ2) is 8.63. The first kappa shape index (κ1) is 15.8. The van der Waals surface area contributed by atoms with Crippen LogP contribution in [0.5, 0.6) is 0 Å². The summed E-state index contributed by atoms with van der Waals surface area (Å²) in [5.41, 5.74) is 0. The van der Waals surface area contributed by atoms with Gasteiger partial charge in [0.15, 0.2) is 0 Å². The molecule has 2 rings (SSSR count). The number of hydrogen-bond donors (Lipinski definition) is 2. The van der Waals surface area contributed by atoms with Crippen LogP contribution in [0.15, 0.2) is 0 Å². The predicted octanol–water partition coefficient (Wildman–Crippen LogP) is 2.37. The van der Waals surface area contributed by atoms with Crippen molar-refractivity contribution in [2.45, 2.75) is 82.4 Å². The SMILES string of the molecule is CNC1CCCCC1OCC(=O)NC1CCCCCC1. The minimum atomic E-state index is 0.0670. The number of carbonyl (C=O) groups excluding carboxylic acids is 1. The van der Waals surface area contributed by atoms with E-state index in [-0.39, 0.29) is 18.6 Å². The van der Waals surface area contributed by atoms with Gasteiger partial charge in [-0.05, 0) is 32.7 Å². The Bertz CT molecular complexity index is 288. The Kier molecular flexibility index (Phi) is 6.80. The van der Waals surface area contributed by atoms with Crippen molar-refractivity contribution in [1.29, 1.82) is 0 Å². The summed E-state index contributed by atoms with van der Waals surface area (Å²) in [6.07, 6.45) is 12.3. The molecule has 116 valence electrons. The minimum Gasteiger partial charge on any atom is -0.367 e. The van der Waals surface area contributed by atoms with Crippen LogP contribution >= 0.6 is 0 Å². The molecule has 0 heterocycles. The van der Waals surface area contributed by atoms with Gasteiger partial charge in [0.05, 0.1) is 6.10 Å². The highest BCUT2D eigenvalue weighted by atomic mass is 16.5. The summed E-state index contributed by atoms with van der Waals surface area (Å²) in [6, 6.07) is 0.787. The van der Waals surface area contributed by atoms with Crippen molar-refractivity contribution in [3.05, 3.63) is 0 Å². The molecule has 2 aliphatic rings. The smallest absolute Gasteiger partial charge is 0.246 e. The molecule has 0 radical (unpaired) electrons. The summed E-state index contributed by atoms with van der Waals surface area (Å²) >= 11 is 0. The fourth-order valence-corrected chi connectivity index (χ4v) is 3.50. The van der Waals surface area contributed by atoms with E-state index in [1.54, 1.807) is 0 Å². The second-order valence-electron chi connectivity index (χ2n) is 6.29. The summed E-state index contributed by atoms with van der Waals surface area (Å²) in [4.78, 5) is 12.0. The Labute approximate surface area is 123 Å². The first-order chi connectivity index (χ1) is 9.79. The van der Waals surface area contributed by atoms with Gasteiger partial charge in [0, 0.05) is 12.1 Å². The molecule has 0 aliphatic heterocycles.